The number of hydrogen-bond donors (Lipinski definition) is 2. The Morgan fingerprint density at radius 1 is 1.28 bits per heavy atom. The van der Waals surface area contributed by atoms with Crippen molar-refractivity contribution < 1.29 is 27.8 Å². The van der Waals surface area contributed by atoms with E-state index in [-0.39, 0.29) is 59.1 Å². The molecule has 0 radical (unpaired) electrons. The number of nitrogens with zero attached hydrogens (tertiary/aromatic N) is 1. The first-order valence-electron chi connectivity index (χ1n) is 3.72. The molecule has 0 unspecified atom stereocenters. The molecule has 0 aliphatic carbocycles. The Hall–Kier alpha value is 0.000000000000000222. The number of nitro groups is 1. The normalized spacial score (nSPS) is 9.83. The molecule has 1 rings (SSSR count). The maximum absolute atomic E-state index is 10.7. The van der Waals surface area contributed by atoms with Gasteiger partial charge in [0.2, 0.25) is 0 Å². The van der Waals surface area contributed by atoms with Crippen molar-refractivity contribution in [2.24, 2.45) is 0 Å². The molecule has 0 saturated heterocycles. The van der Waals surface area contributed by atoms with Crippen molar-refractivity contribution in [3.05, 3.63) is 33.9 Å². The van der Waals surface area contributed by atoms with Gasteiger partial charge >= 0.3 is 65.1 Å². The van der Waals surface area contributed by atoms with Crippen molar-refractivity contribution in [2.45, 2.75) is 4.90 Å². The summed E-state index contributed by atoms with van der Waals surface area (Å²) in [6, 6.07) is 1.97. The van der Waals surface area contributed by atoms with Crippen molar-refractivity contribution in [3.63, 3.8) is 0 Å². The van der Waals surface area contributed by atoms with Crippen LogP contribution in [0.3, 0.4) is 0 Å². The Kier molecular flexibility index (Phi) is 8.53. The number of rotatable bonds is 3. The van der Waals surface area contributed by atoms with E-state index in [4.69, 9.17) is 9.66 Å². The predicted molar refractivity (Wildman–Crippen MR) is 64.2 cm³/mol. The van der Waals surface area contributed by atoms with Gasteiger partial charge in [-0.25, -0.2) is 4.79 Å². The molecule has 0 aromatic heterocycles. The van der Waals surface area contributed by atoms with Crippen LogP contribution in [0.5, 0.6) is 0 Å². The molecule has 0 atom stereocenters. The molecule has 0 fully saturated rings. The van der Waals surface area contributed by atoms with Crippen LogP contribution in [-0.4, -0.2) is 88.1 Å². The number of nitro benzene ring substituents is 1. The average molecular weight is 295 g/mol. The van der Waals surface area contributed by atoms with Gasteiger partial charge in [-0.15, -0.1) is 0 Å². The van der Waals surface area contributed by atoms with Crippen LogP contribution >= 0.6 is 0 Å². The van der Waals surface area contributed by atoms with Crippen LogP contribution in [0.2, 0.25) is 0 Å². The van der Waals surface area contributed by atoms with Crippen LogP contribution in [0.15, 0.2) is 23.1 Å². The zero-order valence-electron chi connectivity index (χ0n) is 7.52. The number of aromatic carboxylic acids is 1. The van der Waals surface area contributed by atoms with Crippen LogP contribution in [0, 0.1) is 10.1 Å². The monoisotopic (exact) mass is 295 g/mol. The van der Waals surface area contributed by atoms with Crippen LogP contribution in [-0.2, 0) is 10.1 Å². The molecule has 0 saturated carbocycles. The summed E-state index contributed by atoms with van der Waals surface area (Å²) >= 11 is 0. The molecule has 0 bridgehead atoms. The van der Waals surface area contributed by atoms with E-state index < -0.39 is 37.2 Å². The number of carboxylic acid groups (broad SMARTS) is 1. The van der Waals surface area contributed by atoms with Crippen LogP contribution in [0.4, 0.5) is 5.69 Å². The molecular formula is C7H7NNa2O7S. The van der Waals surface area contributed by atoms with Crippen LogP contribution in [0.25, 0.3) is 0 Å². The summed E-state index contributed by atoms with van der Waals surface area (Å²) in [6.45, 7) is 0. The Bertz CT molecular complexity index is 571. The SMILES string of the molecule is O=C(O)c1cc(S(=O)(=O)O)ccc1[N+](=O)[O-].[NaH].[NaH]. The number of carbonyl (C=O) groups is 1. The van der Waals surface area contributed by atoms with Gasteiger partial charge in [0, 0.05) is 6.07 Å². The van der Waals surface area contributed by atoms with Gasteiger partial charge in [-0.2, -0.15) is 8.42 Å². The van der Waals surface area contributed by atoms with E-state index in [1.54, 1.807) is 0 Å². The third kappa shape index (κ3) is 4.94. The second-order valence-corrected chi connectivity index (χ2v) is 4.14. The molecule has 0 heterocycles. The average Bonchev–Trinajstić information content (AvgIpc) is 2.15. The van der Waals surface area contributed by atoms with Gasteiger partial charge < -0.3 is 5.11 Å². The van der Waals surface area contributed by atoms with Gasteiger partial charge in [-0.1, -0.05) is 0 Å². The van der Waals surface area contributed by atoms with Gasteiger partial charge in [0.15, 0.2) is 0 Å². The summed E-state index contributed by atoms with van der Waals surface area (Å²) in [7, 11) is -4.59. The molecule has 2 N–H and O–H groups in total. The Labute approximate surface area is 146 Å². The van der Waals surface area contributed by atoms with E-state index in [9.17, 15) is 23.3 Å². The van der Waals surface area contributed by atoms with Crippen LogP contribution < -0.4 is 0 Å². The molecule has 90 valence electrons. The molecule has 11 heteroatoms. The molecular weight excluding hydrogens is 288 g/mol. The first kappa shape index (κ1) is 20.3. The van der Waals surface area contributed by atoms with E-state index in [1.165, 1.54) is 0 Å². The fourth-order valence-electron chi connectivity index (χ4n) is 1.01. The van der Waals surface area contributed by atoms with Gasteiger partial charge in [-0.05, 0) is 12.1 Å². The Balaban J connectivity index is 0. The topological polar surface area (TPSA) is 135 Å². The number of hydrogen-bond acceptors (Lipinski definition) is 5. The van der Waals surface area contributed by atoms with Crippen molar-refractivity contribution in [1.82, 2.24) is 0 Å². The van der Waals surface area contributed by atoms with Gasteiger partial charge in [0.1, 0.15) is 5.56 Å². The standard InChI is InChI=1S/C7H5NO7S.2Na.2H/c9-7(10)5-3-4(16(13,14)15)1-2-6(5)8(11)12;;;;/h1-3H,(H,9,10)(H,13,14,15);;;;. The maximum atomic E-state index is 10.7. The molecule has 1 aromatic rings. The zero-order chi connectivity index (χ0) is 12.5. The molecule has 0 aliphatic rings. The van der Waals surface area contributed by atoms with Crippen molar-refractivity contribution in [2.75, 3.05) is 0 Å². The van der Waals surface area contributed by atoms with Crippen LogP contribution in [0.1, 0.15) is 10.4 Å². The van der Waals surface area contributed by atoms with Crippen molar-refractivity contribution >= 4 is 80.9 Å². The molecule has 8 nitrogen and oxygen atoms in total. The summed E-state index contributed by atoms with van der Waals surface area (Å²) in [4.78, 5) is 19.4. The third-order valence-electron chi connectivity index (χ3n) is 1.69. The Morgan fingerprint density at radius 2 is 1.78 bits per heavy atom. The van der Waals surface area contributed by atoms with E-state index in [0.717, 1.165) is 6.07 Å². The second kappa shape index (κ2) is 7.56. The molecule has 0 aliphatic heterocycles. The minimum atomic E-state index is -4.59. The number of carboxylic acids is 1. The second-order valence-electron chi connectivity index (χ2n) is 2.72. The summed E-state index contributed by atoms with van der Waals surface area (Å²) < 4.78 is 30.0. The van der Waals surface area contributed by atoms with Crippen molar-refractivity contribution in [1.29, 1.82) is 0 Å². The predicted octanol–water partition coefficient (Wildman–Crippen LogP) is -0.757. The third-order valence-corrected chi connectivity index (χ3v) is 2.54. The summed E-state index contributed by atoms with van der Waals surface area (Å²) in [5.74, 6) is -1.66. The fourth-order valence-corrected chi connectivity index (χ4v) is 1.51. The quantitative estimate of drug-likeness (QED) is 0.324. The number of benzene rings is 1. The molecule has 1 aromatic carbocycles. The first-order valence-corrected chi connectivity index (χ1v) is 5.16. The molecule has 18 heavy (non-hydrogen) atoms. The summed E-state index contributed by atoms with van der Waals surface area (Å²) in [5.41, 5.74) is -1.56. The van der Waals surface area contributed by atoms with E-state index in [2.05, 4.69) is 0 Å². The van der Waals surface area contributed by atoms with Crippen molar-refractivity contribution in [3.8, 4) is 0 Å². The fraction of sp³-hybridized carbons (Fsp3) is 0. The van der Waals surface area contributed by atoms with E-state index >= 15 is 0 Å². The minimum absolute atomic E-state index is 0. The van der Waals surface area contributed by atoms with E-state index in [1.807, 2.05) is 0 Å². The van der Waals surface area contributed by atoms with E-state index in [0.29, 0.717) is 12.1 Å². The van der Waals surface area contributed by atoms with Gasteiger partial charge in [-0.3, -0.25) is 14.7 Å². The summed E-state index contributed by atoms with van der Waals surface area (Å²) in [6.07, 6.45) is 0. The Morgan fingerprint density at radius 3 is 2.11 bits per heavy atom. The molecule has 0 spiro atoms. The first-order chi connectivity index (χ1) is 7.23. The summed E-state index contributed by atoms with van der Waals surface area (Å²) in [5, 5.41) is 19.0. The van der Waals surface area contributed by atoms with Gasteiger partial charge in [0.05, 0.1) is 9.82 Å². The zero-order valence-corrected chi connectivity index (χ0v) is 8.34. The van der Waals surface area contributed by atoms with Gasteiger partial charge in [0.25, 0.3) is 15.8 Å². The molecule has 0 amide bonds.